The summed E-state index contributed by atoms with van der Waals surface area (Å²) in [6, 6.07) is 0. The lowest BCUT2D eigenvalue weighted by Crippen LogP contribution is -2.57. The normalized spacial score (nSPS) is 21.3. The van der Waals surface area contributed by atoms with Crippen LogP contribution in [-0.4, -0.2) is 24.3 Å². The number of carbonyl (C=O) groups excluding carboxylic acids is 1. The lowest BCUT2D eigenvalue weighted by molar-refractivity contribution is -0.365. The molecule has 0 aromatic rings. The molecule has 0 aromatic carbocycles. The average Bonchev–Trinajstić information content (AvgIpc) is 2.81. The van der Waals surface area contributed by atoms with Gasteiger partial charge in [-0.25, -0.2) is 0 Å². The van der Waals surface area contributed by atoms with Crippen molar-refractivity contribution >= 4 is 6.29 Å². The van der Waals surface area contributed by atoms with Crippen molar-refractivity contribution in [2.45, 2.75) is 30.9 Å². The summed E-state index contributed by atoms with van der Waals surface area (Å²) in [6.07, 6.45) is -8.20. The third-order valence-electron chi connectivity index (χ3n) is 2.39. The molecule has 1 aliphatic rings. The Hall–Kier alpha value is -0.820. The molecule has 0 unspecified atom stereocenters. The molecule has 0 heterocycles. The van der Waals surface area contributed by atoms with Crippen LogP contribution in [0.3, 0.4) is 0 Å². The molecule has 0 atom stereocenters. The summed E-state index contributed by atoms with van der Waals surface area (Å²) in [7, 11) is 0. The van der Waals surface area contributed by atoms with Gasteiger partial charge >= 0.3 is 18.0 Å². The lowest BCUT2D eigenvalue weighted by atomic mass is 9.93. The number of halogens is 7. The van der Waals surface area contributed by atoms with Crippen molar-refractivity contribution in [1.82, 2.24) is 0 Å². The minimum Gasteiger partial charge on any atom is -0.303 e. The fourth-order valence-electron chi connectivity index (χ4n) is 1.13. The molecule has 1 nitrogen and oxygen atoms in total. The van der Waals surface area contributed by atoms with Gasteiger partial charge in [-0.15, -0.1) is 0 Å². The van der Waals surface area contributed by atoms with E-state index in [4.69, 9.17) is 0 Å². The number of alkyl halides is 7. The highest BCUT2D eigenvalue weighted by molar-refractivity contribution is 5.66. The topological polar surface area (TPSA) is 17.1 Å². The van der Waals surface area contributed by atoms with Crippen LogP contribution >= 0.6 is 0 Å². The highest BCUT2D eigenvalue weighted by Crippen LogP contribution is 2.63. The van der Waals surface area contributed by atoms with Crippen LogP contribution in [0, 0.1) is 5.41 Å². The van der Waals surface area contributed by atoms with Crippen LogP contribution in [0.1, 0.15) is 12.8 Å². The standard InChI is InChI=1S/C7H5F7O/c8-5(9,4(3-15)1-2-4)6(10,11)7(12,13)14/h3H,1-2H2. The van der Waals surface area contributed by atoms with E-state index in [1.54, 1.807) is 0 Å². The molecule has 88 valence electrons. The van der Waals surface area contributed by atoms with Crippen molar-refractivity contribution in [3.63, 3.8) is 0 Å². The van der Waals surface area contributed by atoms with E-state index in [-0.39, 0.29) is 0 Å². The molecule has 0 N–H and O–H groups in total. The Morgan fingerprint density at radius 1 is 0.933 bits per heavy atom. The summed E-state index contributed by atoms with van der Waals surface area (Å²) in [4.78, 5) is 10.1. The van der Waals surface area contributed by atoms with Gasteiger partial charge in [-0.2, -0.15) is 30.7 Å². The quantitative estimate of drug-likeness (QED) is 0.545. The molecular formula is C7H5F7O. The van der Waals surface area contributed by atoms with Crippen molar-refractivity contribution in [1.29, 1.82) is 0 Å². The van der Waals surface area contributed by atoms with Crippen molar-refractivity contribution in [3.8, 4) is 0 Å². The summed E-state index contributed by atoms with van der Waals surface area (Å²) in [5.74, 6) is -11.6. The van der Waals surface area contributed by atoms with E-state index in [0.29, 0.717) is 0 Å². The minimum absolute atomic E-state index is 0.521. The largest absolute Gasteiger partial charge is 0.459 e. The van der Waals surface area contributed by atoms with Crippen molar-refractivity contribution < 1.29 is 35.5 Å². The highest BCUT2D eigenvalue weighted by atomic mass is 19.4. The van der Waals surface area contributed by atoms with Crippen LogP contribution in [0.2, 0.25) is 0 Å². The maximum atomic E-state index is 12.8. The summed E-state index contributed by atoms with van der Waals surface area (Å²) in [5.41, 5.74) is -2.86. The maximum Gasteiger partial charge on any atom is 0.459 e. The highest BCUT2D eigenvalue weighted by Gasteiger charge is 2.82. The predicted octanol–water partition coefficient (Wildman–Crippen LogP) is 2.80. The van der Waals surface area contributed by atoms with Crippen LogP contribution in [0.4, 0.5) is 30.7 Å². The van der Waals surface area contributed by atoms with Gasteiger partial charge in [-0.3, -0.25) is 0 Å². The number of rotatable bonds is 3. The first-order valence-corrected chi connectivity index (χ1v) is 3.80. The van der Waals surface area contributed by atoms with E-state index in [1.807, 2.05) is 0 Å². The summed E-state index contributed by atoms with van der Waals surface area (Å²) in [6.45, 7) is 0. The van der Waals surface area contributed by atoms with Gasteiger partial charge in [0, 0.05) is 0 Å². The van der Waals surface area contributed by atoms with E-state index < -0.39 is 42.6 Å². The first-order chi connectivity index (χ1) is 6.52. The third-order valence-corrected chi connectivity index (χ3v) is 2.39. The molecule has 8 heteroatoms. The van der Waals surface area contributed by atoms with Crippen molar-refractivity contribution in [2.24, 2.45) is 5.41 Å². The van der Waals surface area contributed by atoms with Crippen LogP contribution in [0.5, 0.6) is 0 Å². The van der Waals surface area contributed by atoms with E-state index in [1.165, 1.54) is 0 Å². The first kappa shape index (κ1) is 12.3. The maximum absolute atomic E-state index is 12.8. The van der Waals surface area contributed by atoms with Gasteiger partial charge in [0.2, 0.25) is 0 Å². The predicted molar refractivity (Wildman–Crippen MR) is 33.7 cm³/mol. The molecule has 1 saturated carbocycles. The monoisotopic (exact) mass is 238 g/mol. The van der Waals surface area contributed by atoms with Crippen LogP contribution < -0.4 is 0 Å². The summed E-state index contributed by atoms with van der Waals surface area (Å²) in [5, 5.41) is 0. The Bertz CT molecular complexity index is 276. The number of carbonyl (C=O) groups is 1. The fourth-order valence-corrected chi connectivity index (χ4v) is 1.13. The zero-order chi connectivity index (χ0) is 12.1. The molecule has 1 fully saturated rings. The molecular weight excluding hydrogens is 233 g/mol. The second-order valence-corrected chi connectivity index (χ2v) is 3.42. The Morgan fingerprint density at radius 3 is 1.53 bits per heavy atom. The van der Waals surface area contributed by atoms with Gasteiger partial charge in [0.15, 0.2) is 0 Å². The Morgan fingerprint density at radius 2 is 1.33 bits per heavy atom. The minimum atomic E-state index is -6.37. The van der Waals surface area contributed by atoms with Gasteiger partial charge in [0.1, 0.15) is 6.29 Å². The zero-order valence-electron chi connectivity index (χ0n) is 7.05. The fraction of sp³-hybridized carbons (Fsp3) is 0.857. The van der Waals surface area contributed by atoms with Gasteiger partial charge in [0.05, 0.1) is 5.41 Å². The molecule has 0 radical (unpaired) electrons. The van der Waals surface area contributed by atoms with E-state index in [9.17, 15) is 35.5 Å². The smallest absolute Gasteiger partial charge is 0.303 e. The molecule has 0 spiro atoms. The molecule has 0 bridgehead atoms. The zero-order valence-corrected chi connectivity index (χ0v) is 7.05. The second-order valence-electron chi connectivity index (χ2n) is 3.42. The summed E-state index contributed by atoms with van der Waals surface area (Å²) >= 11 is 0. The molecule has 0 amide bonds. The Labute approximate surface area is 79.2 Å². The number of aldehydes is 1. The van der Waals surface area contributed by atoms with Gasteiger partial charge < -0.3 is 4.79 Å². The SMILES string of the molecule is O=CC1(C(F)(F)C(F)(F)C(F)(F)F)CC1. The van der Waals surface area contributed by atoms with E-state index in [2.05, 4.69) is 0 Å². The Kier molecular flexibility index (Phi) is 2.33. The molecule has 1 rings (SSSR count). The van der Waals surface area contributed by atoms with Crippen LogP contribution in [-0.2, 0) is 4.79 Å². The number of hydrogen-bond donors (Lipinski definition) is 0. The van der Waals surface area contributed by atoms with Crippen LogP contribution in [0.15, 0.2) is 0 Å². The van der Waals surface area contributed by atoms with Gasteiger partial charge in [-0.1, -0.05) is 0 Å². The lowest BCUT2D eigenvalue weighted by Gasteiger charge is -2.31. The first-order valence-electron chi connectivity index (χ1n) is 3.80. The third kappa shape index (κ3) is 1.41. The van der Waals surface area contributed by atoms with Gasteiger partial charge in [0.25, 0.3) is 0 Å². The van der Waals surface area contributed by atoms with E-state index >= 15 is 0 Å². The number of hydrogen-bond acceptors (Lipinski definition) is 1. The second kappa shape index (κ2) is 2.85. The van der Waals surface area contributed by atoms with Crippen molar-refractivity contribution in [2.75, 3.05) is 0 Å². The molecule has 1 aliphatic carbocycles. The van der Waals surface area contributed by atoms with Crippen LogP contribution in [0.25, 0.3) is 0 Å². The van der Waals surface area contributed by atoms with Crippen molar-refractivity contribution in [3.05, 3.63) is 0 Å². The molecule has 0 saturated heterocycles. The average molecular weight is 238 g/mol. The van der Waals surface area contributed by atoms with E-state index in [0.717, 1.165) is 0 Å². The van der Waals surface area contributed by atoms with Gasteiger partial charge in [-0.05, 0) is 12.8 Å². The molecule has 0 aromatic heterocycles. The molecule has 0 aliphatic heterocycles. The molecule has 15 heavy (non-hydrogen) atoms. The Balaban J connectivity index is 3.11. The summed E-state index contributed by atoms with van der Waals surface area (Å²) < 4.78 is 85.5.